The monoisotopic (exact) mass is 191 g/mol. The molecule has 76 valence electrons. The third-order valence-corrected chi connectivity index (χ3v) is 2.82. The van der Waals surface area contributed by atoms with Crippen molar-refractivity contribution in [2.24, 2.45) is 11.7 Å². The van der Waals surface area contributed by atoms with E-state index in [1.165, 1.54) is 11.1 Å². The molecule has 2 nitrogen and oxygen atoms in total. The highest BCUT2D eigenvalue weighted by molar-refractivity contribution is 5.40. The van der Waals surface area contributed by atoms with Crippen LogP contribution in [0.5, 0.6) is 5.75 Å². The largest absolute Gasteiger partial charge is 0.493 e. The molecule has 0 fully saturated rings. The van der Waals surface area contributed by atoms with Crippen LogP contribution in [-0.2, 0) is 6.42 Å². The summed E-state index contributed by atoms with van der Waals surface area (Å²) >= 11 is 0. The van der Waals surface area contributed by atoms with Crippen LogP contribution in [0.2, 0.25) is 0 Å². The minimum Gasteiger partial charge on any atom is -0.493 e. The molecule has 14 heavy (non-hydrogen) atoms. The van der Waals surface area contributed by atoms with Gasteiger partial charge in [-0.25, -0.2) is 0 Å². The molecule has 0 radical (unpaired) electrons. The number of ether oxygens (including phenoxy) is 1. The first-order valence-corrected chi connectivity index (χ1v) is 5.19. The van der Waals surface area contributed by atoms with Crippen molar-refractivity contribution in [3.63, 3.8) is 0 Å². The van der Waals surface area contributed by atoms with Crippen LogP contribution in [0.1, 0.15) is 31.0 Å². The van der Waals surface area contributed by atoms with Crippen LogP contribution in [0, 0.1) is 5.92 Å². The van der Waals surface area contributed by atoms with Crippen LogP contribution < -0.4 is 10.5 Å². The van der Waals surface area contributed by atoms with Crippen LogP contribution in [-0.4, -0.2) is 6.61 Å². The van der Waals surface area contributed by atoms with Crippen LogP contribution in [0.3, 0.4) is 0 Å². The molecule has 1 aromatic rings. The zero-order valence-corrected chi connectivity index (χ0v) is 8.79. The molecule has 1 aliphatic heterocycles. The molecule has 1 aromatic carbocycles. The Balaban J connectivity index is 2.28. The second-order valence-corrected chi connectivity index (χ2v) is 4.24. The van der Waals surface area contributed by atoms with E-state index in [1.54, 1.807) is 0 Å². The molecule has 0 saturated heterocycles. The van der Waals surface area contributed by atoms with Crippen molar-refractivity contribution in [1.82, 2.24) is 0 Å². The lowest BCUT2D eigenvalue weighted by atomic mass is 9.95. The minimum absolute atomic E-state index is 0.140. The molecule has 0 bridgehead atoms. The highest BCUT2D eigenvalue weighted by atomic mass is 16.5. The van der Waals surface area contributed by atoms with Gasteiger partial charge in [0.05, 0.1) is 6.61 Å². The Morgan fingerprint density at radius 3 is 2.86 bits per heavy atom. The Bertz CT molecular complexity index is 333. The Kier molecular flexibility index (Phi) is 2.46. The van der Waals surface area contributed by atoms with E-state index in [0.29, 0.717) is 5.92 Å². The fourth-order valence-electron chi connectivity index (χ4n) is 1.80. The first-order chi connectivity index (χ1) is 6.68. The standard InChI is InChI=1S/C12H17NO/c1-8(2)12(13)10-3-4-11-9(7-10)5-6-14-11/h3-4,7-8,12H,5-6,13H2,1-2H3. The molecule has 2 rings (SSSR count). The molecule has 0 aliphatic carbocycles. The van der Waals surface area contributed by atoms with E-state index in [-0.39, 0.29) is 6.04 Å². The van der Waals surface area contributed by atoms with Crippen molar-refractivity contribution >= 4 is 0 Å². The van der Waals surface area contributed by atoms with E-state index < -0.39 is 0 Å². The number of hydrogen-bond acceptors (Lipinski definition) is 2. The Labute approximate surface area is 85.1 Å². The van der Waals surface area contributed by atoms with Crippen molar-refractivity contribution in [3.05, 3.63) is 29.3 Å². The van der Waals surface area contributed by atoms with Gasteiger partial charge in [-0.05, 0) is 23.1 Å². The van der Waals surface area contributed by atoms with Gasteiger partial charge in [0.25, 0.3) is 0 Å². The maximum atomic E-state index is 6.09. The van der Waals surface area contributed by atoms with E-state index in [0.717, 1.165) is 18.8 Å². The summed E-state index contributed by atoms with van der Waals surface area (Å²) in [6.45, 7) is 5.11. The van der Waals surface area contributed by atoms with Gasteiger partial charge in [-0.15, -0.1) is 0 Å². The zero-order chi connectivity index (χ0) is 10.1. The van der Waals surface area contributed by atoms with Crippen molar-refractivity contribution in [2.45, 2.75) is 26.3 Å². The van der Waals surface area contributed by atoms with Gasteiger partial charge in [-0.3, -0.25) is 0 Å². The summed E-state index contributed by atoms with van der Waals surface area (Å²) in [6, 6.07) is 6.45. The molecular formula is C12H17NO. The summed E-state index contributed by atoms with van der Waals surface area (Å²) in [4.78, 5) is 0. The molecule has 0 amide bonds. The fraction of sp³-hybridized carbons (Fsp3) is 0.500. The lowest BCUT2D eigenvalue weighted by Gasteiger charge is -2.16. The van der Waals surface area contributed by atoms with Gasteiger partial charge in [0.15, 0.2) is 0 Å². The third-order valence-electron chi connectivity index (χ3n) is 2.82. The summed E-state index contributed by atoms with van der Waals surface area (Å²) in [6.07, 6.45) is 1.02. The Morgan fingerprint density at radius 1 is 1.36 bits per heavy atom. The second-order valence-electron chi connectivity index (χ2n) is 4.24. The number of hydrogen-bond donors (Lipinski definition) is 1. The predicted molar refractivity (Wildman–Crippen MR) is 57.4 cm³/mol. The van der Waals surface area contributed by atoms with Gasteiger partial charge in [-0.2, -0.15) is 0 Å². The van der Waals surface area contributed by atoms with E-state index in [4.69, 9.17) is 10.5 Å². The van der Waals surface area contributed by atoms with Crippen LogP contribution in [0.25, 0.3) is 0 Å². The normalized spacial score (nSPS) is 16.6. The van der Waals surface area contributed by atoms with Gasteiger partial charge in [0.2, 0.25) is 0 Å². The third kappa shape index (κ3) is 1.62. The van der Waals surface area contributed by atoms with Crippen molar-refractivity contribution in [1.29, 1.82) is 0 Å². The highest BCUT2D eigenvalue weighted by Gasteiger charge is 2.16. The average Bonchev–Trinajstić information content (AvgIpc) is 2.62. The van der Waals surface area contributed by atoms with E-state index >= 15 is 0 Å². The predicted octanol–water partition coefficient (Wildman–Crippen LogP) is 2.28. The molecule has 2 heteroatoms. The van der Waals surface area contributed by atoms with Crippen LogP contribution >= 0.6 is 0 Å². The number of nitrogens with two attached hydrogens (primary N) is 1. The van der Waals surface area contributed by atoms with Gasteiger partial charge < -0.3 is 10.5 Å². The maximum Gasteiger partial charge on any atom is 0.122 e. The molecule has 1 heterocycles. The Morgan fingerprint density at radius 2 is 2.14 bits per heavy atom. The average molecular weight is 191 g/mol. The molecule has 1 aliphatic rings. The second kappa shape index (κ2) is 3.62. The Hall–Kier alpha value is -1.02. The van der Waals surface area contributed by atoms with Gasteiger partial charge >= 0.3 is 0 Å². The topological polar surface area (TPSA) is 35.2 Å². The summed E-state index contributed by atoms with van der Waals surface area (Å²) < 4.78 is 5.45. The molecule has 0 spiro atoms. The number of fused-ring (bicyclic) bond motifs is 1. The molecule has 2 N–H and O–H groups in total. The van der Waals surface area contributed by atoms with E-state index in [1.807, 2.05) is 6.07 Å². The maximum absolute atomic E-state index is 6.09. The van der Waals surface area contributed by atoms with E-state index in [9.17, 15) is 0 Å². The lowest BCUT2D eigenvalue weighted by Crippen LogP contribution is -2.16. The van der Waals surface area contributed by atoms with E-state index in [2.05, 4.69) is 26.0 Å². The van der Waals surface area contributed by atoms with Gasteiger partial charge in [-0.1, -0.05) is 26.0 Å². The zero-order valence-electron chi connectivity index (χ0n) is 8.79. The molecule has 0 aromatic heterocycles. The SMILES string of the molecule is CC(C)C(N)c1ccc2c(c1)CCO2. The molecule has 1 unspecified atom stereocenters. The van der Waals surface area contributed by atoms with Gasteiger partial charge in [0.1, 0.15) is 5.75 Å². The summed E-state index contributed by atoms with van der Waals surface area (Å²) in [5.41, 5.74) is 8.62. The summed E-state index contributed by atoms with van der Waals surface area (Å²) in [5.74, 6) is 1.51. The number of benzene rings is 1. The van der Waals surface area contributed by atoms with Crippen LogP contribution in [0.15, 0.2) is 18.2 Å². The van der Waals surface area contributed by atoms with Crippen molar-refractivity contribution in [3.8, 4) is 5.75 Å². The quantitative estimate of drug-likeness (QED) is 0.778. The van der Waals surface area contributed by atoms with Gasteiger partial charge in [0, 0.05) is 12.5 Å². The molecular weight excluding hydrogens is 174 g/mol. The smallest absolute Gasteiger partial charge is 0.122 e. The highest BCUT2D eigenvalue weighted by Crippen LogP contribution is 2.29. The summed E-state index contributed by atoms with van der Waals surface area (Å²) in [5, 5.41) is 0. The molecule has 0 saturated carbocycles. The molecule has 1 atom stereocenters. The van der Waals surface area contributed by atoms with Crippen LogP contribution in [0.4, 0.5) is 0 Å². The fourth-order valence-corrected chi connectivity index (χ4v) is 1.80. The van der Waals surface area contributed by atoms with Crippen molar-refractivity contribution < 1.29 is 4.74 Å². The summed E-state index contributed by atoms with van der Waals surface area (Å²) in [7, 11) is 0. The minimum atomic E-state index is 0.140. The first kappa shape index (κ1) is 9.53. The van der Waals surface area contributed by atoms with Crippen molar-refractivity contribution in [2.75, 3.05) is 6.61 Å². The first-order valence-electron chi connectivity index (χ1n) is 5.19. The lowest BCUT2D eigenvalue weighted by molar-refractivity contribution is 0.356. The number of rotatable bonds is 2.